The third-order valence-corrected chi connectivity index (χ3v) is 2.81. The van der Waals surface area contributed by atoms with Crippen LogP contribution in [0.2, 0.25) is 0 Å². The van der Waals surface area contributed by atoms with Crippen LogP contribution < -0.4 is 0 Å². The van der Waals surface area contributed by atoms with Crippen molar-refractivity contribution in [1.29, 1.82) is 0 Å². The SMILES string of the molecule is C=Cc1c2ccccc2nn1-c1ccccc1. The van der Waals surface area contributed by atoms with Crippen molar-refractivity contribution < 1.29 is 0 Å². The van der Waals surface area contributed by atoms with Crippen LogP contribution in [0.25, 0.3) is 22.7 Å². The van der Waals surface area contributed by atoms with Gasteiger partial charge in [0.1, 0.15) is 0 Å². The molecule has 2 aromatic carbocycles. The zero-order valence-corrected chi connectivity index (χ0v) is 9.38. The van der Waals surface area contributed by atoms with Crippen molar-refractivity contribution in [3.8, 4) is 5.69 Å². The zero-order valence-electron chi connectivity index (χ0n) is 9.38. The van der Waals surface area contributed by atoms with Gasteiger partial charge in [-0.25, -0.2) is 4.68 Å². The molecule has 0 aliphatic rings. The van der Waals surface area contributed by atoms with E-state index in [0.717, 1.165) is 22.3 Å². The van der Waals surface area contributed by atoms with Crippen LogP contribution in [0.15, 0.2) is 61.2 Å². The van der Waals surface area contributed by atoms with Crippen LogP contribution in [0.3, 0.4) is 0 Å². The Labute approximate surface area is 99.8 Å². The van der Waals surface area contributed by atoms with Crippen molar-refractivity contribution in [2.24, 2.45) is 0 Å². The first-order chi connectivity index (χ1) is 8.40. The molecule has 0 amide bonds. The first-order valence-corrected chi connectivity index (χ1v) is 5.56. The molecule has 0 spiro atoms. The highest BCUT2D eigenvalue weighted by Crippen LogP contribution is 2.22. The number of hydrogen-bond donors (Lipinski definition) is 0. The molecule has 0 saturated carbocycles. The maximum absolute atomic E-state index is 4.60. The van der Waals surface area contributed by atoms with E-state index in [0.29, 0.717) is 0 Å². The van der Waals surface area contributed by atoms with E-state index in [1.807, 2.05) is 59.3 Å². The second kappa shape index (κ2) is 3.91. The van der Waals surface area contributed by atoms with E-state index in [1.165, 1.54) is 0 Å². The highest BCUT2D eigenvalue weighted by atomic mass is 15.3. The Balaban J connectivity index is 2.33. The summed E-state index contributed by atoms with van der Waals surface area (Å²) in [6, 6.07) is 18.2. The first kappa shape index (κ1) is 9.85. The van der Waals surface area contributed by atoms with Crippen LogP contribution in [-0.4, -0.2) is 9.78 Å². The van der Waals surface area contributed by atoms with Crippen LogP contribution in [0.5, 0.6) is 0 Å². The first-order valence-electron chi connectivity index (χ1n) is 5.56. The van der Waals surface area contributed by atoms with Gasteiger partial charge >= 0.3 is 0 Å². The van der Waals surface area contributed by atoms with E-state index in [9.17, 15) is 0 Å². The molecule has 0 bridgehead atoms. The van der Waals surface area contributed by atoms with Gasteiger partial charge in [-0.2, -0.15) is 5.10 Å². The van der Waals surface area contributed by atoms with Gasteiger partial charge in [-0.15, -0.1) is 0 Å². The number of aromatic nitrogens is 2. The fraction of sp³-hybridized carbons (Fsp3) is 0. The van der Waals surface area contributed by atoms with E-state index in [4.69, 9.17) is 0 Å². The second-order valence-corrected chi connectivity index (χ2v) is 3.85. The number of hydrogen-bond acceptors (Lipinski definition) is 1. The van der Waals surface area contributed by atoms with Gasteiger partial charge in [-0.3, -0.25) is 0 Å². The van der Waals surface area contributed by atoms with Gasteiger partial charge < -0.3 is 0 Å². The van der Waals surface area contributed by atoms with Gasteiger partial charge in [0.05, 0.1) is 16.9 Å². The second-order valence-electron chi connectivity index (χ2n) is 3.85. The fourth-order valence-electron chi connectivity index (χ4n) is 2.02. The number of nitrogens with zero attached hydrogens (tertiary/aromatic N) is 2. The van der Waals surface area contributed by atoms with Crippen LogP contribution in [0.1, 0.15) is 5.69 Å². The van der Waals surface area contributed by atoms with E-state index < -0.39 is 0 Å². The standard InChI is InChI=1S/C15H12N2/c1-2-15-13-10-6-7-11-14(13)16-17(15)12-8-4-3-5-9-12/h2-11H,1H2. The van der Waals surface area contributed by atoms with Gasteiger partial charge in [0, 0.05) is 5.39 Å². The smallest absolute Gasteiger partial charge is 0.0934 e. The number of benzene rings is 2. The molecule has 1 heterocycles. The predicted octanol–water partition coefficient (Wildman–Crippen LogP) is 3.67. The summed E-state index contributed by atoms with van der Waals surface area (Å²) in [6.07, 6.45) is 1.85. The molecule has 82 valence electrons. The highest BCUT2D eigenvalue weighted by molar-refractivity contribution is 5.87. The number of fused-ring (bicyclic) bond motifs is 1. The molecule has 2 nitrogen and oxygen atoms in total. The third-order valence-electron chi connectivity index (χ3n) is 2.81. The maximum atomic E-state index is 4.60. The number of para-hydroxylation sites is 1. The molecule has 0 aliphatic heterocycles. The summed E-state index contributed by atoms with van der Waals surface area (Å²) < 4.78 is 1.93. The summed E-state index contributed by atoms with van der Waals surface area (Å²) in [5, 5.41) is 5.73. The lowest BCUT2D eigenvalue weighted by molar-refractivity contribution is 0.886. The molecule has 0 saturated heterocycles. The average Bonchev–Trinajstić information content (AvgIpc) is 2.78. The predicted molar refractivity (Wildman–Crippen MR) is 71.2 cm³/mol. The Morgan fingerprint density at radius 3 is 2.41 bits per heavy atom. The molecule has 0 fully saturated rings. The summed E-state index contributed by atoms with van der Waals surface area (Å²) in [6.45, 7) is 3.88. The fourth-order valence-corrected chi connectivity index (χ4v) is 2.02. The Bertz CT molecular complexity index is 666. The maximum Gasteiger partial charge on any atom is 0.0934 e. The van der Waals surface area contributed by atoms with E-state index >= 15 is 0 Å². The molecule has 0 radical (unpaired) electrons. The van der Waals surface area contributed by atoms with Crippen LogP contribution in [0, 0.1) is 0 Å². The summed E-state index contributed by atoms with van der Waals surface area (Å²) in [5.41, 5.74) is 3.08. The van der Waals surface area contributed by atoms with Crippen molar-refractivity contribution in [2.45, 2.75) is 0 Å². The van der Waals surface area contributed by atoms with Crippen LogP contribution in [-0.2, 0) is 0 Å². The Morgan fingerprint density at radius 1 is 0.941 bits per heavy atom. The van der Waals surface area contributed by atoms with Gasteiger partial charge in [0.15, 0.2) is 0 Å². The van der Waals surface area contributed by atoms with Crippen molar-refractivity contribution in [3.05, 3.63) is 66.9 Å². The van der Waals surface area contributed by atoms with Gasteiger partial charge in [0.2, 0.25) is 0 Å². The zero-order chi connectivity index (χ0) is 11.7. The van der Waals surface area contributed by atoms with Crippen molar-refractivity contribution in [2.75, 3.05) is 0 Å². The van der Waals surface area contributed by atoms with Crippen LogP contribution >= 0.6 is 0 Å². The van der Waals surface area contributed by atoms with E-state index in [-0.39, 0.29) is 0 Å². The van der Waals surface area contributed by atoms with Crippen molar-refractivity contribution in [1.82, 2.24) is 9.78 Å². The topological polar surface area (TPSA) is 17.8 Å². The van der Waals surface area contributed by atoms with E-state index in [1.54, 1.807) is 0 Å². The molecule has 3 rings (SSSR count). The molecule has 0 N–H and O–H groups in total. The van der Waals surface area contributed by atoms with Crippen molar-refractivity contribution in [3.63, 3.8) is 0 Å². The average molecular weight is 220 g/mol. The molecule has 3 aromatic rings. The lowest BCUT2D eigenvalue weighted by atomic mass is 10.2. The lowest BCUT2D eigenvalue weighted by Gasteiger charge is -2.03. The minimum Gasteiger partial charge on any atom is -0.233 e. The van der Waals surface area contributed by atoms with Gasteiger partial charge in [-0.1, -0.05) is 43.0 Å². The molecule has 2 heteroatoms. The minimum atomic E-state index is 0.992. The van der Waals surface area contributed by atoms with Gasteiger partial charge in [0.25, 0.3) is 0 Å². The molecule has 0 unspecified atom stereocenters. The highest BCUT2D eigenvalue weighted by Gasteiger charge is 2.08. The molecular weight excluding hydrogens is 208 g/mol. The number of rotatable bonds is 2. The molecule has 17 heavy (non-hydrogen) atoms. The monoisotopic (exact) mass is 220 g/mol. The normalized spacial score (nSPS) is 10.6. The molecule has 0 atom stereocenters. The molecule has 0 aliphatic carbocycles. The largest absolute Gasteiger partial charge is 0.233 e. The molecular formula is C15H12N2. The Morgan fingerprint density at radius 2 is 1.65 bits per heavy atom. The van der Waals surface area contributed by atoms with Crippen LogP contribution in [0.4, 0.5) is 0 Å². The lowest BCUT2D eigenvalue weighted by Crippen LogP contribution is -1.97. The summed E-state index contributed by atoms with van der Waals surface area (Å²) in [7, 11) is 0. The molecule has 1 aromatic heterocycles. The van der Waals surface area contributed by atoms with Crippen molar-refractivity contribution >= 4 is 17.0 Å². The summed E-state index contributed by atoms with van der Waals surface area (Å²) >= 11 is 0. The Kier molecular flexibility index (Phi) is 2.26. The minimum absolute atomic E-state index is 0.992. The summed E-state index contributed by atoms with van der Waals surface area (Å²) in [5.74, 6) is 0. The Hall–Kier alpha value is -2.35. The van der Waals surface area contributed by atoms with Gasteiger partial charge in [-0.05, 0) is 24.3 Å². The third kappa shape index (κ3) is 1.54. The van der Waals surface area contributed by atoms with E-state index in [2.05, 4.69) is 17.7 Å². The quantitative estimate of drug-likeness (QED) is 0.644. The summed E-state index contributed by atoms with van der Waals surface area (Å²) in [4.78, 5) is 0.